The molecule has 1 aliphatic rings. The highest BCUT2D eigenvalue weighted by molar-refractivity contribution is 5.96. The number of benzene rings is 1. The third kappa shape index (κ3) is 4.06. The van der Waals surface area contributed by atoms with E-state index in [1.807, 2.05) is 6.07 Å². The van der Waals surface area contributed by atoms with Gasteiger partial charge in [-0.1, -0.05) is 31.0 Å². The molecule has 1 saturated carbocycles. The smallest absolute Gasteiger partial charge is 0.251 e. The maximum Gasteiger partial charge on any atom is 0.251 e. The first-order chi connectivity index (χ1) is 9.59. The fourth-order valence-electron chi connectivity index (χ4n) is 2.39. The van der Waals surface area contributed by atoms with Gasteiger partial charge in [-0.3, -0.25) is 9.59 Å². The highest BCUT2D eigenvalue weighted by Crippen LogP contribution is 2.28. The fourth-order valence-corrected chi connectivity index (χ4v) is 2.39. The molecule has 0 bridgehead atoms. The van der Waals surface area contributed by atoms with E-state index in [4.69, 9.17) is 0 Å². The van der Waals surface area contributed by atoms with Crippen LogP contribution in [0.5, 0.6) is 0 Å². The minimum Gasteiger partial charge on any atom is -0.388 e. The summed E-state index contributed by atoms with van der Waals surface area (Å²) in [5.74, 6) is -0.560. The second-order valence-corrected chi connectivity index (χ2v) is 5.26. The topological polar surface area (TPSA) is 78.4 Å². The van der Waals surface area contributed by atoms with Gasteiger partial charge in [0.2, 0.25) is 5.91 Å². The van der Waals surface area contributed by atoms with Crippen molar-refractivity contribution < 1.29 is 14.7 Å². The fraction of sp³-hybridized carbons (Fsp3) is 0.467. The molecule has 3 N–H and O–H groups in total. The van der Waals surface area contributed by atoms with Crippen LogP contribution in [0.15, 0.2) is 30.3 Å². The molecule has 2 rings (SSSR count). The third-order valence-corrected chi connectivity index (χ3v) is 3.59. The summed E-state index contributed by atoms with van der Waals surface area (Å²) in [5.41, 5.74) is -0.242. The lowest BCUT2D eigenvalue weighted by Gasteiger charge is -2.22. The Hall–Kier alpha value is -1.88. The Bertz CT molecular complexity index is 467. The highest BCUT2D eigenvalue weighted by Gasteiger charge is 2.31. The summed E-state index contributed by atoms with van der Waals surface area (Å²) < 4.78 is 0. The number of carbonyl (C=O) groups is 2. The van der Waals surface area contributed by atoms with Crippen molar-refractivity contribution in [3.63, 3.8) is 0 Å². The molecular weight excluding hydrogens is 256 g/mol. The van der Waals surface area contributed by atoms with Gasteiger partial charge in [0.05, 0.1) is 12.1 Å². The minimum atomic E-state index is -0.765. The normalized spacial score (nSPS) is 16.6. The van der Waals surface area contributed by atoms with Crippen LogP contribution in [0.3, 0.4) is 0 Å². The predicted octanol–water partition coefficient (Wildman–Crippen LogP) is 0.838. The lowest BCUT2D eigenvalue weighted by Crippen LogP contribution is -2.44. The number of hydrogen-bond acceptors (Lipinski definition) is 3. The summed E-state index contributed by atoms with van der Waals surface area (Å²) in [6, 6.07) is 8.74. The number of hydrogen-bond donors (Lipinski definition) is 3. The van der Waals surface area contributed by atoms with Gasteiger partial charge in [0.1, 0.15) is 0 Å². The second-order valence-electron chi connectivity index (χ2n) is 5.26. The molecule has 0 aromatic heterocycles. The van der Waals surface area contributed by atoms with Gasteiger partial charge in [-0.25, -0.2) is 0 Å². The van der Waals surface area contributed by atoms with Crippen LogP contribution >= 0.6 is 0 Å². The average Bonchev–Trinajstić information content (AvgIpc) is 2.91. The zero-order valence-corrected chi connectivity index (χ0v) is 11.4. The largest absolute Gasteiger partial charge is 0.388 e. The molecule has 2 amide bonds. The minimum absolute atomic E-state index is 0.0796. The van der Waals surface area contributed by atoms with Crippen LogP contribution in [0, 0.1) is 0 Å². The monoisotopic (exact) mass is 276 g/mol. The van der Waals surface area contributed by atoms with Crippen molar-refractivity contribution in [1.82, 2.24) is 10.6 Å². The molecular formula is C15H20N2O3. The van der Waals surface area contributed by atoms with Crippen molar-refractivity contribution in [2.75, 3.05) is 13.1 Å². The summed E-state index contributed by atoms with van der Waals surface area (Å²) in [5, 5.41) is 15.3. The Kier molecular flexibility index (Phi) is 4.74. The van der Waals surface area contributed by atoms with Crippen molar-refractivity contribution in [2.24, 2.45) is 0 Å². The number of rotatable bonds is 5. The quantitative estimate of drug-likeness (QED) is 0.745. The highest BCUT2D eigenvalue weighted by atomic mass is 16.3. The third-order valence-electron chi connectivity index (χ3n) is 3.59. The van der Waals surface area contributed by atoms with Crippen LogP contribution in [0.25, 0.3) is 0 Å². The van der Waals surface area contributed by atoms with E-state index < -0.39 is 5.60 Å². The van der Waals surface area contributed by atoms with Crippen LogP contribution in [0.1, 0.15) is 36.0 Å². The molecule has 1 aliphatic carbocycles. The van der Waals surface area contributed by atoms with Gasteiger partial charge in [0.25, 0.3) is 5.91 Å². The van der Waals surface area contributed by atoms with E-state index in [-0.39, 0.29) is 24.9 Å². The Morgan fingerprint density at radius 1 is 1.10 bits per heavy atom. The Morgan fingerprint density at radius 2 is 1.75 bits per heavy atom. The molecule has 108 valence electrons. The summed E-state index contributed by atoms with van der Waals surface area (Å²) in [7, 11) is 0. The van der Waals surface area contributed by atoms with Gasteiger partial charge in [0, 0.05) is 12.1 Å². The summed E-state index contributed by atoms with van der Waals surface area (Å²) in [6.45, 7) is 0.177. The summed E-state index contributed by atoms with van der Waals surface area (Å²) in [4.78, 5) is 23.4. The maximum atomic E-state index is 11.7. The number of carbonyl (C=O) groups excluding carboxylic acids is 2. The van der Waals surface area contributed by atoms with Crippen molar-refractivity contribution in [3.05, 3.63) is 35.9 Å². The van der Waals surface area contributed by atoms with Crippen molar-refractivity contribution in [3.8, 4) is 0 Å². The SMILES string of the molecule is O=C(CNC(=O)c1ccccc1)NCC1(O)CCCC1. The predicted molar refractivity (Wildman–Crippen MR) is 75.2 cm³/mol. The molecule has 1 fully saturated rings. The van der Waals surface area contributed by atoms with E-state index in [9.17, 15) is 14.7 Å². The molecule has 0 saturated heterocycles. The first-order valence-corrected chi connectivity index (χ1v) is 6.91. The van der Waals surface area contributed by atoms with Gasteiger partial charge in [0.15, 0.2) is 0 Å². The van der Waals surface area contributed by atoms with Crippen LogP contribution in [0.4, 0.5) is 0 Å². The molecule has 5 heteroatoms. The first-order valence-electron chi connectivity index (χ1n) is 6.91. The molecule has 0 heterocycles. The van der Waals surface area contributed by atoms with Crippen LogP contribution in [-0.2, 0) is 4.79 Å². The van der Waals surface area contributed by atoms with Crippen molar-refractivity contribution >= 4 is 11.8 Å². The zero-order valence-electron chi connectivity index (χ0n) is 11.4. The second kappa shape index (κ2) is 6.52. The van der Waals surface area contributed by atoms with Crippen molar-refractivity contribution in [1.29, 1.82) is 0 Å². The van der Waals surface area contributed by atoms with Crippen LogP contribution < -0.4 is 10.6 Å². The lowest BCUT2D eigenvalue weighted by molar-refractivity contribution is -0.121. The molecule has 5 nitrogen and oxygen atoms in total. The van der Waals surface area contributed by atoms with Gasteiger partial charge in [-0.05, 0) is 25.0 Å². The van der Waals surface area contributed by atoms with Crippen molar-refractivity contribution in [2.45, 2.75) is 31.3 Å². The summed E-state index contributed by atoms with van der Waals surface area (Å²) >= 11 is 0. The molecule has 1 aromatic rings. The van der Waals surface area contributed by atoms with Crippen LogP contribution in [0.2, 0.25) is 0 Å². The number of amides is 2. The molecule has 0 spiro atoms. The molecule has 1 aromatic carbocycles. The van der Waals surface area contributed by atoms with E-state index in [1.54, 1.807) is 24.3 Å². The Labute approximate surface area is 118 Å². The molecule has 20 heavy (non-hydrogen) atoms. The van der Waals surface area contributed by atoms with Crippen LogP contribution in [-0.4, -0.2) is 35.6 Å². The van der Waals surface area contributed by atoms with Gasteiger partial charge in [-0.2, -0.15) is 0 Å². The Balaban J connectivity index is 1.71. The van der Waals surface area contributed by atoms with E-state index in [2.05, 4.69) is 10.6 Å². The van der Waals surface area contributed by atoms with E-state index in [1.165, 1.54) is 0 Å². The Morgan fingerprint density at radius 3 is 2.40 bits per heavy atom. The molecule has 0 unspecified atom stereocenters. The standard InChI is InChI=1S/C15H20N2O3/c18-13(17-11-15(20)8-4-5-9-15)10-16-14(19)12-6-2-1-3-7-12/h1-3,6-7,20H,4-5,8-11H2,(H,16,19)(H,17,18). The number of aliphatic hydroxyl groups is 1. The lowest BCUT2D eigenvalue weighted by atomic mass is 10.0. The molecule has 0 aliphatic heterocycles. The van der Waals surface area contributed by atoms with E-state index >= 15 is 0 Å². The molecule has 0 atom stereocenters. The first kappa shape index (κ1) is 14.5. The van der Waals surface area contributed by atoms with E-state index in [0.29, 0.717) is 5.56 Å². The van der Waals surface area contributed by atoms with E-state index in [0.717, 1.165) is 25.7 Å². The molecule has 0 radical (unpaired) electrons. The zero-order chi connectivity index (χ0) is 14.4. The summed E-state index contributed by atoms with van der Waals surface area (Å²) in [6.07, 6.45) is 3.45. The van der Waals surface area contributed by atoms with Gasteiger partial charge < -0.3 is 15.7 Å². The van der Waals surface area contributed by atoms with Gasteiger partial charge >= 0.3 is 0 Å². The van der Waals surface area contributed by atoms with Gasteiger partial charge in [-0.15, -0.1) is 0 Å². The average molecular weight is 276 g/mol. The maximum absolute atomic E-state index is 11.7. The number of nitrogens with one attached hydrogen (secondary N) is 2.